The third kappa shape index (κ3) is 2.76. The summed E-state index contributed by atoms with van der Waals surface area (Å²) >= 11 is 0. The molecule has 4 nitrogen and oxygen atoms in total. The van der Waals surface area contributed by atoms with E-state index in [0.717, 1.165) is 24.4 Å². The number of nitrogens with one attached hydrogen (secondary N) is 1. The van der Waals surface area contributed by atoms with Gasteiger partial charge < -0.3 is 10.1 Å². The Bertz CT molecular complexity index is 320. The van der Waals surface area contributed by atoms with Gasteiger partial charge in [-0.15, -0.1) is 0 Å². The first kappa shape index (κ1) is 13.0. The summed E-state index contributed by atoms with van der Waals surface area (Å²) in [6, 6.07) is 0.294. The Hall–Kier alpha value is -1.03. The molecule has 16 heavy (non-hydrogen) atoms. The molecule has 1 atom stereocenters. The lowest BCUT2D eigenvalue weighted by Gasteiger charge is -2.23. The van der Waals surface area contributed by atoms with Crippen LogP contribution in [-0.2, 0) is 7.05 Å². The molecule has 0 aliphatic heterocycles. The van der Waals surface area contributed by atoms with Gasteiger partial charge in [-0.05, 0) is 18.9 Å². The third-order valence-electron chi connectivity index (χ3n) is 2.74. The highest BCUT2D eigenvalue weighted by atomic mass is 16.5. The lowest BCUT2D eigenvalue weighted by Crippen LogP contribution is -2.28. The minimum absolute atomic E-state index is 0.294. The van der Waals surface area contributed by atoms with Crippen molar-refractivity contribution in [1.82, 2.24) is 15.1 Å². The molecule has 0 amide bonds. The zero-order valence-electron chi connectivity index (χ0n) is 10.9. The van der Waals surface area contributed by atoms with Crippen molar-refractivity contribution < 1.29 is 4.74 Å². The lowest BCUT2D eigenvalue weighted by atomic mass is 10.00. The Labute approximate surface area is 98.0 Å². The minimum atomic E-state index is 0.294. The van der Waals surface area contributed by atoms with Crippen LogP contribution in [0.5, 0.6) is 5.75 Å². The first-order chi connectivity index (χ1) is 7.61. The highest BCUT2D eigenvalue weighted by molar-refractivity contribution is 5.28. The molecule has 0 aliphatic carbocycles. The highest BCUT2D eigenvalue weighted by Crippen LogP contribution is 2.29. The molecule has 1 rings (SSSR count). The molecule has 1 unspecified atom stereocenters. The van der Waals surface area contributed by atoms with Gasteiger partial charge in [-0.1, -0.05) is 20.8 Å². The number of rotatable bonds is 6. The Kier molecular flexibility index (Phi) is 4.80. The van der Waals surface area contributed by atoms with E-state index in [1.165, 1.54) is 0 Å². The fourth-order valence-electron chi connectivity index (χ4n) is 1.89. The molecule has 92 valence electrons. The molecule has 0 aliphatic rings. The molecule has 0 radical (unpaired) electrons. The van der Waals surface area contributed by atoms with E-state index in [0.29, 0.717) is 12.0 Å². The number of hydrogen-bond acceptors (Lipinski definition) is 3. The van der Waals surface area contributed by atoms with Crippen molar-refractivity contribution in [2.75, 3.05) is 13.7 Å². The highest BCUT2D eigenvalue weighted by Gasteiger charge is 2.22. The molecule has 0 spiro atoms. The maximum Gasteiger partial charge on any atom is 0.161 e. The fourth-order valence-corrected chi connectivity index (χ4v) is 1.89. The van der Waals surface area contributed by atoms with E-state index in [-0.39, 0.29) is 0 Å². The summed E-state index contributed by atoms with van der Waals surface area (Å²) in [5.74, 6) is 1.38. The minimum Gasteiger partial charge on any atom is -0.493 e. The smallest absolute Gasteiger partial charge is 0.161 e. The third-order valence-corrected chi connectivity index (χ3v) is 2.74. The van der Waals surface area contributed by atoms with Crippen LogP contribution in [0.1, 0.15) is 38.9 Å². The van der Waals surface area contributed by atoms with E-state index >= 15 is 0 Å². The van der Waals surface area contributed by atoms with Crippen LogP contribution >= 0.6 is 0 Å². The zero-order valence-corrected chi connectivity index (χ0v) is 10.9. The van der Waals surface area contributed by atoms with Crippen LogP contribution in [0, 0.1) is 5.92 Å². The van der Waals surface area contributed by atoms with Gasteiger partial charge in [-0.25, -0.2) is 0 Å². The Morgan fingerprint density at radius 3 is 2.69 bits per heavy atom. The average Bonchev–Trinajstić information content (AvgIpc) is 2.61. The summed E-state index contributed by atoms with van der Waals surface area (Å²) in [5, 5.41) is 7.80. The maximum atomic E-state index is 5.35. The topological polar surface area (TPSA) is 39.1 Å². The largest absolute Gasteiger partial charge is 0.493 e. The second kappa shape index (κ2) is 5.89. The summed E-state index contributed by atoms with van der Waals surface area (Å²) in [6.07, 6.45) is 2.90. The van der Waals surface area contributed by atoms with Crippen LogP contribution in [0.25, 0.3) is 0 Å². The van der Waals surface area contributed by atoms with Gasteiger partial charge in [0.05, 0.1) is 25.0 Å². The second-order valence-electron chi connectivity index (χ2n) is 4.40. The summed E-state index contributed by atoms with van der Waals surface area (Å²) in [4.78, 5) is 0. The molecule has 0 fully saturated rings. The van der Waals surface area contributed by atoms with Gasteiger partial charge in [-0.2, -0.15) is 5.10 Å². The van der Waals surface area contributed by atoms with E-state index in [1.54, 1.807) is 13.3 Å². The van der Waals surface area contributed by atoms with Gasteiger partial charge in [0.25, 0.3) is 0 Å². The van der Waals surface area contributed by atoms with E-state index < -0.39 is 0 Å². The van der Waals surface area contributed by atoms with Crippen LogP contribution in [0.15, 0.2) is 6.20 Å². The van der Waals surface area contributed by atoms with Gasteiger partial charge in [0, 0.05) is 7.05 Å². The predicted molar refractivity (Wildman–Crippen MR) is 65.6 cm³/mol. The van der Waals surface area contributed by atoms with Crippen LogP contribution in [0.2, 0.25) is 0 Å². The molecule has 0 saturated heterocycles. The summed E-state index contributed by atoms with van der Waals surface area (Å²) in [6.45, 7) is 7.60. The van der Waals surface area contributed by atoms with E-state index in [4.69, 9.17) is 4.74 Å². The fraction of sp³-hybridized carbons (Fsp3) is 0.750. The molecule has 1 N–H and O–H groups in total. The predicted octanol–water partition coefficient (Wildman–Crippen LogP) is 2.13. The van der Waals surface area contributed by atoms with Crippen LogP contribution in [0.4, 0.5) is 0 Å². The average molecular weight is 225 g/mol. The van der Waals surface area contributed by atoms with Crippen LogP contribution < -0.4 is 10.1 Å². The molecule has 1 aromatic rings. The van der Waals surface area contributed by atoms with Gasteiger partial charge in [0.2, 0.25) is 0 Å². The van der Waals surface area contributed by atoms with Gasteiger partial charge in [0.1, 0.15) is 0 Å². The van der Waals surface area contributed by atoms with Crippen molar-refractivity contribution in [3.05, 3.63) is 11.9 Å². The van der Waals surface area contributed by atoms with E-state index in [9.17, 15) is 0 Å². The summed E-state index contributed by atoms with van der Waals surface area (Å²) in [5.41, 5.74) is 1.13. The Morgan fingerprint density at radius 1 is 1.50 bits per heavy atom. The van der Waals surface area contributed by atoms with Crippen molar-refractivity contribution in [3.8, 4) is 5.75 Å². The van der Waals surface area contributed by atoms with Crippen molar-refractivity contribution in [3.63, 3.8) is 0 Å². The maximum absolute atomic E-state index is 5.35. The number of methoxy groups -OCH3 is 1. The zero-order chi connectivity index (χ0) is 12.1. The van der Waals surface area contributed by atoms with Crippen LogP contribution in [-0.4, -0.2) is 23.4 Å². The Morgan fingerprint density at radius 2 is 2.19 bits per heavy atom. The molecule has 4 heteroatoms. The van der Waals surface area contributed by atoms with Crippen molar-refractivity contribution in [1.29, 1.82) is 0 Å². The number of nitrogens with zero attached hydrogens (tertiary/aromatic N) is 2. The quantitative estimate of drug-likeness (QED) is 0.806. The molecular formula is C12H23N3O. The van der Waals surface area contributed by atoms with Crippen molar-refractivity contribution in [2.45, 2.75) is 33.2 Å². The van der Waals surface area contributed by atoms with Crippen molar-refractivity contribution in [2.24, 2.45) is 13.0 Å². The van der Waals surface area contributed by atoms with Gasteiger partial charge in [0.15, 0.2) is 5.75 Å². The van der Waals surface area contributed by atoms with Gasteiger partial charge >= 0.3 is 0 Å². The molecular weight excluding hydrogens is 202 g/mol. The SMILES string of the molecule is CCCNC(c1c(OC)cnn1C)C(C)C. The summed E-state index contributed by atoms with van der Waals surface area (Å²) < 4.78 is 7.25. The number of aryl methyl sites for hydroxylation is 1. The number of hydrogen-bond donors (Lipinski definition) is 1. The monoisotopic (exact) mass is 225 g/mol. The first-order valence-corrected chi connectivity index (χ1v) is 5.91. The molecule has 1 heterocycles. The first-order valence-electron chi connectivity index (χ1n) is 5.91. The lowest BCUT2D eigenvalue weighted by molar-refractivity contribution is 0.357. The van der Waals surface area contributed by atoms with Crippen LogP contribution in [0.3, 0.4) is 0 Å². The van der Waals surface area contributed by atoms with E-state index in [2.05, 4.69) is 31.2 Å². The standard InChI is InChI=1S/C12H23N3O/c1-6-7-13-11(9(2)3)12-10(16-5)8-14-15(12)4/h8-9,11,13H,6-7H2,1-5H3. The second-order valence-corrected chi connectivity index (χ2v) is 4.40. The van der Waals surface area contributed by atoms with Gasteiger partial charge in [-0.3, -0.25) is 4.68 Å². The molecule has 1 aromatic heterocycles. The molecule has 0 bridgehead atoms. The number of ether oxygens (including phenoxy) is 1. The van der Waals surface area contributed by atoms with Crippen molar-refractivity contribution >= 4 is 0 Å². The van der Waals surface area contributed by atoms with E-state index in [1.807, 2.05) is 11.7 Å². The number of aromatic nitrogens is 2. The normalized spacial score (nSPS) is 13.1. The summed E-state index contributed by atoms with van der Waals surface area (Å²) in [7, 11) is 3.65. The Balaban J connectivity index is 2.95. The molecule has 0 saturated carbocycles. The molecule has 0 aromatic carbocycles.